The topological polar surface area (TPSA) is 17.8 Å². The summed E-state index contributed by atoms with van der Waals surface area (Å²) in [5.41, 5.74) is 1.30. The van der Waals surface area contributed by atoms with Crippen molar-refractivity contribution < 1.29 is 8.78 Å². The van der Waals surface area contributed by atoms with Crippen molar-refractivity contribution in [2.75, 3.05) is 0 Å². The highest BCUT2D eigenvalue weighted by atomic mass is 19.3. The van der Waals surface area contributed by atoms with Gasteiger partial charge in [0.25, 0.3) is 0 Å². The van der Waals surface area contributed by atoms with Crippen LogP contribution in [0.3, 0.4) is 0 Å². The third-order valence-electron chi connectivity index (χ3n) is 2.02. The SMILES string of the molecule is CC.CC(C)c1cnn(C)c1.FC1(F)CC1. The fraction of sp³-hybridized carbons (Fsp3) is 0.750. The number of rotatable bonds is 1. The number of aryl methyl sites for hydroxylation is 1. The lowest BCUT2D eigenvalue weighted by Gasteiger charge is -1.95. The summed E-state index contributed by atoms with van der Waals surface area (Å²) in [5, 5.41) is 4.05. The Morgan fingerprint density at radius 2 is 1.75 bits per heavy atom. The highest BCUT2D eigenvalue weighted by molar-refractivity contribution is 5.08. The standard InChI is InChI=1S/C7H12N2.C3H4F2.C2H6/c1-6(2)7-4-8-9(3)5-7;4-3(5)1-2-3;1-2/h4-6H,1-3H3;1-2H2;1-2H3. The summed E-state index contributed by atoms with van der Waals surface area (Å²) in [4.78, 5) is 0. The summed E-state index contributed by atoms with van der Waals surface area (Å²) >= 11 is 0. The van der Waals surface area contributed by atoms with Crippen molar-refractivity contribution in [2.45, 2.75) is 52.4 Å². The van der Waals surface area contributed by atoms with Crippen LogP contribution in [0.1, 0.15) is 52.0 Å². The molecule has 1 saturated carbocycles. The molecule has 0 amide bonds. The van der Waals surface area contributed by atoms with E-state index in [1.165, 1.54) is 5.56 Å². The minimum Gasteiger partial charge on any atom is -0.276 e. The fourth-order valence-electron chi connectivity index (χ4n) is 0.833. The normalized spacial score (nSPS) is 15.8. The van der Waals surface area contributed by atoms with Gasteiger partial charge in [0.15, 0.2) is 0 Å². The first-order chi connectivity index (χ1) is 7.41. The molecule has 1 fully saturated rings. The van der Waals surface area contributed by atoms with Gasteiger partial charge in [-0.1, -0.05) is 27.7 Å². The zero-order valence-electron chi connectivity index (χ0n) is 10.8. The van der Waals surface area contributed by atoms with E-state index in [-0.39, 0.29) is 12.8 Å². The molecule has 2 rings (SSSR count). The van der Waals surface area contributed by atoms with Crippen LogP contribution >= 0.6 is 0 Å². The molecule has 1 aromatic rings. The zero-order valence-corrected chi connectivity index (χ0v) is 10.8. The summed E-state index contributed by atoms with van der Waals surface area (Å²) in [5.74, 6) is -1.65. The highest BCUT2D eigenvalue weighted by Crippen LogP contribution is 2.40. The van der Waals surface area contributed by atoms with E-state index >= 15 is 0 Å². The van der Waals surface area contributed by atoms with E-state index in [1.54, 1.807) is 0 Å². The lowest BCUT2D eigenvalue weighted by atomic mass is 10.1. The highest BCUT2D eigenvalue weighted by Gasteiger charge is 2.43. The van der Waals surface area contributed by atoms with E-state index in [1.807, 2.05) is 38.0 Å². The molecular weight excluding hydrogens is 210 g/mol. The van der Waals surface area contributed by atoms with Crippen LogP contribution in [0.25, 0.3) is 0 Å². The Bertz CT molecular complexity index is 287. The molecular formula is C12H22F2N2. The van der Waals surface area contributed by atoms with Crippen LogP contribution in [0.4, 0.5) is 8.78 Å². The summed E-state index contributed by atoms with van der Waals surface area (Å²) in [6.07, 6.45) is 4.19. The first-order valence-electron chi connectivity index (χ1n) is 5.77. The summed E-state index contributed by atoms with van der Waals surface area (Å²) < 4.78 is 24.1. The molecule has 0 spiro atoms. The predicted octanol–water partition coefficient (Wildman–Crippen LogP) is 3.99. The molecule has 0 bridgehead atoms. The van der Waals surface area contributed by atoms with Crippen molar-refractivity contribution in [3.8, 4) is 0 Å². The second kappa shape index (κ2) is 6.61. The Balaban J connectivity index is 0.000000272. The molecule has 1 aromatic heterocycles. The lowest BCUT2D eigenvalue weighted by Crippen LogP contribution is -1.85. The van der Waals surface area contributed by atoms with Gasteiger partial charge in [-0.2, -0.15) is 5.10 Å². The van der Waals surface area contributed by atoms with Crippen molar-refractivity contribution in [2.24, 2.45) is 7.05 Å². The minimum atomic E-state index is -2.25. The van der Waals surface area contributed by atoms with E-state index in [4.69, 9.17) is 0 Å². The monoisotopic (exact) mass is 232 g/mol. The van der Waals surface area contributed by atoms with Crippen LogP contribution in [0.15, 0.2) is 12.4 Å². The third-order valence-corrected chi connectivity index (χ3v) is 2.02. The Morgan fingerprint density at radius 1 is 1.31 bits per heavy atom. The van der Waals surface area contributed by atoms with E-state index in [9.17, 15) is 8.78 Å². The van der Waals surface area contributed by atoms with E-state index in [0.717, 1.165) is 0 Å². The summed E-state index contributed by atoms with van der Waals surface area (Å²) in [6, 6.07) is 0. The number of alkyl halides is 2. The second-order valence-electron chi connectivity index (χ2n) is 3.96. The number of nitrogens with zero attached hydrogens (tertiary/aromatic N) is 2. The average molecular weight is 232 g/mol. The number of hydrogen-bond donors (Lipinski definition) is 0. The molecule has 0 N–H and O–H groups in total. The molecule has 0 radical (unpaired) electrons. The maximum Gasteiger partial charge on any atom is 0.248 e. The van der Waals surface area contributed by atoms with Crippen LogP contribution < -0.4 is 0 Å². The van der Waals surface area contributed by atoms with Gasteiger partial charge in [0.1, 0.15) is 0 Å². The summed E-state index contributed by atoms with van der Waals surface area (Å²) in [6.45, 7) is 8.33. The third kappa shape index (κ3) is 6.53. The average Bonchev–Trinajstić information content (AvgIpc) is 2.76. The number of aromatic nitrogens is 2. The van der Waals surface area contributed by atoms with Crippen molar-refractivity contribution in [1.82, 2.24) is 9.78 Å². The summed E-state index contributed by atoms with van der Waals surface area (Å²) in [7, 11) is 1.94. The van der Waals surface area contributed by atoms with E-state index in [0.29, 0.717) is 5.92 Å². The van der Waals surface area contributed by atoms with Gasteiger partial charge in [0.05, 0.1) is 6.20 Å². The molecule has 1 aliphatic rings. The first-order valence-corrected chi connectivity index (χ1v) is 5.77. The zero-order chi connectivity index (χ0) is 12.8. The van der Waals surface area contributed by atoms with Gasteiger partial charge in [-0.25, -0.2) is 8.78 Å². The quantitative estimate of drug-likeness (QED) is 0.716. The van der Waals surface area contributed by atoms with Crippen molar-refractivity contribution in [1.29, 1.82) is 0 Å². The lowest BCUT2D eigenvalue weighted by molar-refractivity contribution is 0.120. The van der Waals surface area contributed by atoms with Gasteiger partial charge in [0, 0.05) is 26.1 Å². The van der Waals surface area contributed by atoms with Crippen LogP contribution in [-0.4, -0.2) is 15.7 Å². The molecule has 1 heterocycles. The van der Waals surface area contributed by atoms with E-state index < -0.39 is 5.92 Å². The van der Waals surface area contributed by atoms with Crippen molar-refractivity contribution in [3.63, 3.8) is 0 Å². The maximum absolute atomic E-state index is 11.1. The number of halogens is 2. The Kier molecular flexibility index (Phi) is 6.22. The number of hydrogen-bond acceptors (Lipinski definition) is 1. The van der Waals surface area contributed by atoms with Gasteiger partial charge >= 0.3 is 0 Å². The van der Waals surface area contributed by atoms with Gasteiger partial charge in [-0.3, -0.25) is 4.68 Å². The smallest absolute Gasteiger partial charge is 0.248 e. The van der Waals surface area contributed by atoms with Gasteiger partial charge in [-0.05, 0) is 11.5 Å². The molecule has 0 aliphatic heterocycles. The van der Waals surface area contributed by atoms with Gasteiger partial charge in [-0.15, -0.1) is 0 Å². The Hall–Kier alpha value is -0.930. The first kappa shape index (κ1) is 15.1. The second-order valence-corrected chi connectivity index (χ2v) is 3.96. The molecule has 0 unspecified atom stereocenters. The van der Waals surface area contributed by atoms with Gasteiger partial charge in [0.2, 0.25) is 5.92 Å². The van der Waals surface area contributed by atoms with E-state index in [2.05, 4.69) is 18.9 Å². The molecule has 94 valence electrons. The van der Waals surface area contributed by atoms with Crippen molar-refractivity contribution >= 4 is 0 Å². The Morgan fingerprint density at radius 3 is 1.88 bits per heavy atom. The Labute approximate surface area is 96.7 Å². The van der Waals surface area contributed by atoms with Crippen LogP contribution in [0, 0.1) is 0 Å². The minimum absolute atomic E-state index is 0.118. The van der Waals surface area contributed by atoms with Crippen molar-refractivity contribution in [3.05, 3.63) is 18.0 Å². The fourth-order valence-corrected chi connectivity index (χ4v) is 0.833. The van der Waals surface area contributed by atoms with Crippen LogP contribution in [0.5, 0.6) is 0 Å². The largest absolute Gasteiger partial charge is 0.276 e. The van der Waals surface area contributed by atoms with Crippen LogP contribution in [0.2, 0.25) is 0 Å². The molecule has 16 heavy (non-hydrogen) atoms. The molecule has 0 aromatic carbocycles. The molecule has 2 nitrogen and oxygen atoms in total. The van der Waals surface area contributed by atoms with Crippen LogP contribution in [-0.2, 0) is 7.05 Å². The molecule has 0 saturated heterocycles. The molecule has 0 atom stereocenters. The maximum atomic E-state index is 11.1. The molecule has 4 heteroatoms. The predicted molar refractivity (Wildman–Crippen MR) is 62.8 cm³/mol. The van der Waals surface area contributed by atoms with Gasteiger partial charge < -0.3 is 0 Å². The molecule has 1 aliphatic carbocycles.